The smallest absolute Gasteiger partial charge is 0.230 e. The summed E-state index contributed by atoms with van der Waals surface area (Å²) in [4.78, 5) is 13.1. The second-order valence-electron chi connectivity index (χ2n) is 6.47. The van der Waals surface area contributed by atoms with Crippen LogP contribution >= 0.6 is 35.6 Å². The number of hydrogen-bond donors (Lipinski definition) is 2. The Balaban J connectivity index is 0.00000288. The normalized spacial score (nSPS) is 21.0. The van der Waals surface area contributed by atoms with Gasteiger partial charge in [-0.25, -0.2) is 0 Å². The van der Waals surface area contributed by atoms with Crippen LogP contribution in [0.3, 0.4) is 0 Å². The molecule has 1 amide bonds. The van der Waals surface area contributed by atoms with E-state index in [0.717, 1.165) is 37.9 Å². The van der Waals surface area contributed by atoms with Crippen molar-refractivity contribution in [3.8, 4) is 0 Å². The zero-order valence-electron chi connectivity index (χ0n) is 14.5. The Morgan fingerprint density at radius 2 is 1.96 bits per heavy atom. The van der Waals surface area contributed by atoms with Gasteiger partial charge < -0.3 is 10.6 Å². The van der Waals surface area contributed by atoms with Crippen molar-refractivity contribution in [2.75, 3.05) is 13.1 Å². The molecule has 0 aromatic heterocycles. The molecule has 1 aromatic carbocycles. The Morgan fingerprint density at radius 3 is 2.50 bits per heavy atom. The van der Waals surface area contributed by atoms with Crippen molar-refractivity contribution < 1.29 is 4.79 Å². The van der Waals surface area contributed by atoms with Gasteiger partial charge in [0, 0.05) is 6.04 Å². The van der Waals surface area contributed by atoms with Crippen LogP contribution in [0.2, 0.25) is 10.0 Å². The molecule has 2 unspecified atom stereocenters. The van der Waals surface area contributed by atoms with Gasteiger partial charge in [0.25, 0.3) is 0 Å². The fraction of sp³-hybridized carbons (Fsp3) is 0.611. The maximum atomic E-state index is 13.1. The maximum absolute atomic E-state index is 13.1. The van der Waals surface area contributed by atoms with Crippen LogP contribution in [0.5, 0.6) is 0 Å². The molecule has 6 heteroatoms. The van der Waals surface area contributed by atoms with Crippen molar-refractivity contribution >= 4 is 41.5 Å². The second-order valence-corrected chi connectivity index (χ2v) is 7.28. The van der Waals surface area contributed by atoms with Crippen molar-refractivity contribution in [2.45, 2.75) is 51.5 Å². The van der Waals surface area contributed by atoms with E-state index >= 15 is 0 Å². The Bertz CT molecular complexity index is 561. The van der Waals surface area contributed by atoms with Gasteiger partial charge in [-0.05, 0) is 56.0 Å². The molecule has 1 aliphatic rings. The summed E-state index contributed by atoms with van der Waals surface area (Å²) >= 11 is 12.2. The molecule has 0 bridgehead atoms. The van der Waals surface area contributed by atoms with Gasteiger partial charge in [-0.1, -0.05) is 50.0 Å². The lowest BCUT2D eigenvalue weighted by molar-refractivity contribution is -0.128. The molecule has 1 aromatic rings. The molecule has 0 saturated carbocycles. The molecule has 1 aliphatic heterocycles. The summed E-state index contributed by atoms with van der Waals surface area (Å²) in [6.45, 7) is 8.18. The average Bonchev–Trinajstić information content (AvgIpc) is 2.54. The molecule has 1 fully saturated rings. The number of hydrogen-bond acceptors (Lipinski definition) is 2. The van der Waals surface area contributed by atoms with E-state index in [1.54, 1.807) is 6.07 Å². The molecule has 24 heavy (non-hydrogen) atoms. The van der Waals surface area contributed by atoms with Crippen LogP contribution in [0.4, 0.5) is 0 Å². The number of rotatable bonds is 5. The zero-order valence-corrected chi connectivity index (χ0v) is 16.8. The minimum Gasteiger partial charge on any atom is -0.352 e. The van der Waals surface area contributed by atoms with Crippen molar-refractivity contribution in [1.82, 2.24) is 10.6 Å². The number of halogens is 3. The van der Waals surface area contributed by atoms with Gasteiger partial charge in [-0.2, -0.15) is 0 Å². The fourth-order valence-corrected chi connectivity index (χ4v) is 3.74. The van der Waals surface area contributed by atoms with E-state index in [9.17, 15) is 4.79 Å². The van der Waals surface area contributed by atoms with Crippen LogP contribution in [-0.2, 0) is 10.2 Å². The largest absolute Gasteiger partial charge is 0.352 e. The number of carbonyl (C=O) groups is 1. The molecule has 0 aliphatic carbocycles. The average molecular weight is 394 g/mol. The predicted octanol–water partition coefficient (Wildman–Crippen LogP) is 4.59. The Kier molecular flexibility index (Phi) is 8.34. The lowest BCUT2D eigenvalue weighted by Gasteiger charge is -2.36. The van der Waals surface area contributed by atoms with Crippen LogP contribution < -0.4 is 10.6 Å². The van der Waals surface area contributed by atoms with Gasteiger partial charge in [-0.3, -0.25) is 4.79 Å². The molecular formula is C18H27Cl3N2O. The third kappa shape index (κ3) is 4.37. The van der Waals surface area contributed by atoms with Crippen LogP contribution in [0.25, 0.3) is 0 Å². The highest BCUT2D eigenvalue weighted by Crippen LogP contribution is 2.36. The number of benzene rings is 1. The van der Waals surface area contributed by atoms with Crippen molar-refractivity contribution in [1.29, 1.82) is 0 Å². The van der Waals surface area contributed by atoms with Crippen LogP contribution in [-0.4, -0.2) is 25.0 Å². The molecule has 0 radical (unpaired) electrons. The van der Waals surface area contributed by atoms with E-state index in [-0.39, 0.29) is 24.4 Å². The van der Waals surface area contributed by atoms with Gasteiger partial charge in [0.1, 0.15) is 0 Å². The lowest BCUT2D eigenvalue weighted by atomic mass is 9.74. The van der Waals surface area contributed by atoms with E-state index in [1.165, 1.54) is 0 Å². The van der Waals surface area contributed by atoms with Crippen molar-refractivity contribution in [2.24, 2.45) is 5.92 Å². The summed E-state index contributed by atoms with van der Waals surface area (Å²) in [5, 5.41) is 7.67. The number of piperidine rings is 1. The van der Waals surface area contributed by atoms with E-state index < -0.39 is 5.41 Å². The Labute approximate surface area is 161 Å². The van der Waals surface area contributed by atoms with Crippen LogP contribution in [0, 0.1) is 5.92 Å². The molecule has 136 valence electrons. The third-order valence-electron chi connectivity index (χ3n) is 5.22. The topological polar surface area (TPSA) is 41.1 Å². The molecule has 1 saturated heterocycles. The number of amides is 1. The summed E-state index contributed by atoms with van der Waals surface area (Å²) in [6, 6.07) is 5.76. The minimum atomic E-state index is -0.557. The second kappa shape index (κ2) is 9.28. The van der Waals surface area contributed by atoms with Crippen LogP contribution in [0.1, 0.15) is 45.6 Å². The summed E-state index contributed by atoms with van der Waals surface area (Å²) in [6.07, 6.45) is 2.43. The van der Waals surface area contributed by atoms with E-state index in [4.69, 9.17) is 23.2 Å². The third-order valence-corrected chi connectivity index (χ3v) is 5.95. The summed E-state index contributed by atoms with van der Waals surface area (Å²) in [7, 11) is 0. The Morgan fingerprint density at radius 1 is 1.29 bits per heavy atom. The summed E-state index contributed by atoms with van der Waals surface area (Å²) in [5.41, 5.74) is 0.384. The highest BCUT2D eigenvalue weighted by atomic mass is 35.5. The molecule has 0 spiro atoms. The summed E-state index contributed by atoms with van der Waals surface area (Å²) < 4.78 is 0. The molecule has 3 nitrogen and oxygen atoms in total. The SMILES string of the molecule is CCC(CC)(C(=O)NC1CCNCC1C)c1ccc(Cl)c(Cl)c1.Cl. The maximum Gasteiger partial charge on any atom is 0.230 e. The monoisotopic (exact) mass is 392 g/mol. The molecule has 2 rings (SSSR count). The van der Waals surface area contributed by atoms with Crippen molar-refractivity contribution in [3.63, 3.8) is 0 Å². The van der Waals surface area contributed by atoms with E-state index in [0.29, 0.717) is 16.0 Å². The Hall–Kier alpha value is -0.480. The lowest BCUT2D eigenvalue weighted by Crippen LogP contribution is -2.53. The van der Waals surface area contributed by atoms with Crippen LogP contribution in [0.15, 0.2) is 18.2 Å². The van der Waals surface area contributed by atoms with Gasteiger partial charge in [-0.15, -0.1) is 12.4 Å². The molecular weight excluding hydrogens is 367 g/mol. The first-order valence-corrected chi connectivity index (χ1v) is 9.17. The van der Waals surface area contributed by atoms with E-state index in [1.807, 2.05) is 12.1 Å². The minimum absolute atomic E-state index is 0. The fourth-order valence-electron chi connectivity index (χ4n) is 3.44. The van der Waals surface area contributed by atoms with Gasteiger partial charge >= 0.3 is 0 Å². The molecule has 1 heterocycles. The molecule has 2 atom stereocenters. The standard InChI is InChI=1S/C18H26Cl2N2O.ClH/c1-4-18(5-2,13-6-7-14(19)15(20)10-13)17(23)22-16-8-9-21-11-12(16)3;/h6-7,10,12,16,21H,4-5,8-9,11H2,1-3H3,(H,22,23);1H. The quantitative estimate of drug-likeness (QED) is 0.768. The predicted molar refractivity (Wildman–Crippen MR) is 105 cm³/mol. The molecule has 2 N–H and O–H groups in total. The van der Waals surface area contributed by atoms with E-state index in [2.05, 4.69) is 31.4 Å². The number of nitrogens with one attached hydrogen (secondary N) is 2. The zero-order chi connectivity index (χ0) is 17.0. The first kappa shape index (κ1) is 21.6. The van der Waals surface area contributed by atoms with Crippen molar-refractivity contribution in [3.05, 3.63) is 33.8 Å². The summed E-state index contributed by atoms with van der Waals surface area (Å²) in [5.74, 6) is 0.535. The number of carbonyl (C=O) groups excluding carboxylic acids is 1. The highest BCUT2D eigenvalue weighted by molar-refractivity contribution is 6.42. The first-order chi connectivity index (χ1) is 10.9. The van der Waals surface area contributed by atoms with Gasteiger partial charge in [0.15, 0.2) is 0 Å². The highest BCUT2D eigenvalue weighted by Gasteiger charge is 2.38. The van der Waals surface area contributed by atoms with Gasteiger partial charge in [0.2, 0.25) is 5.91 Å². The first-order valence-electron chi connectivity index (χ1n) is 8.41. The van der Waals surface area contributed by atoms with Gasteiger partial charge in [0.05, 0.1) is 15.5 Å².